The van der Waals surface area contributed by atoms with Crippen LogP contribution in [0.25, 0.3) is 17.1 Å². The summed E-state index contributed by atoms with van der Waals surface area (Å²) in [5.74, 6) is 0.898. The average molecular weight is 454 g/mol. The fraction of sp³-hybridized carbons (Fsp3) is 0.480. The van der Waals surface area contributed by atoms with Crippen LogP contribution in [0, 0.1) is 18.7 Å². The highest BCUT2D eigenvalue weighted by molar-refractivity contribution is 5.62. The molecule has 1 fully saturated rings. The maximum Gasteiger partial charge on any atom is 0.333 e. The minimum Gasteiger partial charge on any atom is -0.389 e. The van der Waals surface area contributed by atoms with Crippen molar-refractivity contribution in [2.24, 2.45) is 5.92 Å². The van der Waals surface area contributed by atoms with Crippen LogP contribution in [-0.4, -0.2) is 35.9 Å². The number of halogens is 1. The van der Waals surface area contributed by atoms with E-state index in [2.05, 4.69) is 17.2 Å². The minimum atomic E-state index is -1.09. The van der Waals surface area contributed by atoms with Crippen LogP contribution in [0.4, 0.5) is 10.3 Å². The van der Waals surface area contributed by atoms with Crippen molar-refractivity contribution in [1.82, 2.24) is 19.1 Å². The van der Waals surface area contributed by atoms with Crippen molar-refractivity contribution in [3.05, 3.63) is 58.5 Å². The molecule has 0 saturated heterocycles. The van der Waals surface area contributed by atoms with Gasteiger partial charge in [0.15, 0.2) is 0 Å². The van der Waals surface area contributed by atoms with Gasteiger partial charge >= 0.3 is 5.69 Å². The van der Waals surface area contributed by atoms with Gasteiger partial charge in [0, 0.05) is 17.9 Å². The number of anilines is 1. The summed E-state index contributed by atoms with van der Waals surface area (Å²) in [6.45, 7) is 7.55. The number of benzene rings is 1. The van der Waals surface area contributed by atoms with Gasteiger partial charge in [0.05, 0.1) is 29.2 Å². The molecule has 1 saturated carbocycles. The second-order valence-corrected chi connectivity index (χ2v) is 9.79. The van der Waals surface area contributed by atoms with E-state index in [0.717, 1.165) is 18.8 Å². The van der Waals surface area contributed by atoms with E-state index in [1.807, 2.05) is 6.92 Å². The summed E-state index contributed by atoms with van der Waals surface area (Å²) < 4.78 is 16.6. The molecule has 0 radical (unpaired) electrons. The van der Waals surface area contributed by atoms with Gasteiger partial charge in [0.25, 0.3) is 0 Å². The maximum atomic E-state index is 13.6. The van der Waals surface area contributed by atoms with Crippen molar-refractivity contribution >= 4 is 5.95 Å². The third-order valence-electron chi connectivity index (χ3n) is 6.27. The van der Waals surface area contributed by atoms with Gasteiger partial charge < -0.3 is 10.4 Å². The van der Waals surface area contributed by atoms with Gasteiger partial charge in [-0.25, -0.2) is 19.2 Å². The molecule has 0 atom stereocenters. The van der Waals surface area contributed by atoms with Crippen LogP contribution in [0.3, 0.4) is 0 Å². The van der Waals surface area contributed by atoms with Crippen molar-refractivity contribution in [2.75, 3.05) is 5.32 Å². The molecule has 7 nitrogen and oxygen atoms in total. The molecule has 0 spiro atoms. The zero-order valence-corrected chi connectivity index (χ0v) is 19.7. The first-order valence-corrected chi connectivity index (χ1v) is 11.5. The van der Waals surface area contributed by atoms with Crippen molar-refractivity contribution in [1.29, 1.82) is 0 Å². The number of nitrogens with one attached hydrogen (secondary N) is 1. The van der Waals surface area contributed by atoms with Crippen LogP contribution in [0.1, 0.15) is 52.1 Å². The third kappa shape index (κ3) is 5.16. The molecule has 33 heavy (non-hydrogen) atoms. The Morgan fingerprint density at radius 3 is 2.45 bits per heavy atom. The van der Waals surface area contributed by atoms with E-state index in [9.17, 15) is 14.3 Å². The highest BCUT2D eigenvalue weighted by atomic mass is 19.1. The zero-order valence-electron chi connectivity index (χ0n) is 19.7. The van der Waals surface area contributed by atoms with Crippen molar-refractivity contribution in [3.63, 3.8) is 0 Å². The molecule has 176 valence electrons. The van der Waals surface area contributed by atoms with Crippen LogP contribution < -0.4 is 11.0 Å². The molecule has 0 bridgehead atoms. The summed E-state index contributed by atoms with van der Waals surface area (Å²) in [5.41, 5.74) is 0.984. The molecule has 2 N–H and O–H groups in total. The summed E-state index contributed by atoms with van der Waals surface area (Å²) in [5, 5.41) is 13.8. The standard InChI is InChI=1S/C25H32FN5O2/c1-16-5-9-19(10-6-16)28-23-27-14-13-21(29-23)22-17(2)30(15-25(3,4)33)24(32)31(22)20-11-7-18(26)8-12-20/h7-8,11-14,16,19,33H,5-6,9-10,15H2,1-4H3,(H,27,28,29)/t16-,19-. The molecule has 2 aromatic heterocycles. The Balaban J connectivity index is 1.78. The molecule has 0 amide bonds. The van der Waals surface area contributed by atoms with E-state index in [4.69, 9.17) is 4.98 Å². The monoisotopic (exact) mass is 453 g/mol. The summed E-state index contributed by atoms with van der Waals surface area (Å²) in [7, 11) is 0. The first kappa shape index (κ1) is 23.2. The topological polar surface area (TPSA) is 85.0 Å². The Hall–Kier alpha value is -3.00. The smallest absolute Gasteiger partial charge is 0.333 e. The quantitative estimate of drug-likeness (QED) is 0.581. The lowest BCUT2D eigenvalue weighted by Crippen LogP contribution is -2.33. The molecule has 3 aromatic rings. The second kappa shape index (κ2) is 9.09. The van der Waals surface area contributed by atoms with E-state index in [1.165, 1.54) is 34.1 Å². The molecule has 0 unspecified atom stereocenters. The Bertz CT molecular complexity index is 1170. The normalized spacial score (nSPS) is 19.0. The number of rotatable bonds is 6. The first-order valence-electron chi connectivity index (χ1n) is 11.5. The number of aromatic nitrogens is 4. The predicted molar refractivity (Wildman–Crippen MR) is 127 cm³/mol. The lowest BCUT2D eigenvalue weighted by Gasteiger charge is -2.26. The fourth-order valence-electron chi connectivity index (χ4n) is 4.50. The van der Waals surface area contributed by atoms with Crippen molar-refractivity contribution < 1.29 is 9.50 Å². The fourth-order valence-corrected chi connectivity index (χ4v) is 4.50. The van der Waals surface area contributed by atoms with Crippen LogP contribution in [0.5, 0.6) is 0 Å². The van der Waals surface area contributed by atoms with Gasteiger partial charge in [-0.05, 0) is 82.7 Å². The molecule has 1 aliphatic carbocycles. The van der Waals surface area contributed by atoms with Gasteiger partial charge in [-0.2, -0.15) is 0 Å². The molecule has 0 aliphatic heterocycles. The van der Waals surface area contributed by atoms with Gasteiger partial charge in [0.2, 0.25) is 5.95 Å². The summed E-state index contributed by atoms with van der Waals surface area (Å²) in [6, 6.07) is 7.88. The van der Waals surface area contributed by atoms with Crippen LogP contribution in [0.15, 0.2) is 41.3 Å². The Kier molecular flexibility index (Phi) is 6.38. The molecule has 8 heteroatoms. The minimum absolute atomic E-state index is 0.120. The van der Waals surface area contributed by atoms with Crippen LogP contribution >= 0.6 is 0 Å². The van der Waals surface area contributed by atoms with E-state index in [0.29, 0.717) is 34.8 Å². The van der Waals surface area contributed by atoms with Crippen molar-refractivity contribution in [3.8, 4) is 17.1 Å². The highest BCUT2D eigenvalue weighted by Crippen LogP contribution is 2.28. The lowest BCUT2D eigenvalue weighted by molar-refractivity contribution is 0.0598. The van der Waals surface area contributed by atoms with Crippen LogP contribution in [0.2, 0.25) is 0 Å². The predicted octanol–water partition coefficient (Wildman–Crippen LogP) is 4.31. The van der Waals surface area contributed by atoms with Gasteiger partial charge in [-0.3, -0.25) is 9.13 Å². The third-order valence-corrected chi connectivity index (χ3v) is 6.27. The molecular weight excluding hydrogens is 421 g/mol. The number of imidazole rings is 1. The van der Waals surface area contributed by atoms with Gasteiger partial charge in [-0.15, -0.1) is 0 Å². The zero-order chi connectivity index (χ0) is 23.8. The number of nitrogens with zero attached hydrogens (tertiary/aromatic N) is 4. The number of hydrogen-bond acceptors (Lipinski definition) is 5. The maximum absolute atomic E-state index is 13.6. The van der Waals surface area contributed by atoms with Crippen LogP contribution in [-0.2, 0) is 6.54 Å². The molecular formula is C25H32FN5O2. The first-order chi connectivity index (χ1) is 15.6. The van der Waals surface area contributed by atoms with E-state index < -0.39 is 5.60 Å². The Morgan fingerprint density at radius 2 is 1.82 bits per heavy atom. The van der Waals surface area contributed by atoms with Crippen molar-refractivity contribution in [2.45, 2.75) is 71.6 Å². The lowest BCUT2D eigenvalue weighted by atomic mass is 9.87. The number of aliphatic hydroxyl groups is 1. The molecule has 2 heterocycles. The Labute approximate surface area is 193 Å². The SMILES string of the molecule is Cc1c(-c2ccnc(N[C@H]3CC[C@H](C)CC3)n2)n(-c2ccc(F)cc2)c(=O)n1CC(C)(C)O. The molecule has 1 aliphatic rings. The van der Waals surface area contributed by atoms with E-state index >= 15 is 0 Å². The van der Waals surface area contributed by atoms with Gasteiger partial charge in [0.1, 0.15) is 5.82 Å². The average Bonchev–Trinajstić information content (AvgIpc) is 3.00. The molecule has 1 aromatic carbocycles. The highest BCUT2D eigenvalue weighted by Gasteiger charge is 2.25. The summed E-state index contributed by atoms with van der Waals surface area (Å²) >= 11 is 0. The van der Waals surface area contributed by atoms with Gasteiger partial charge in [-0.1, -0.05) is 6.92 Å². The largest absolute Gasteiger partial charge is 0.389 e. The number of hydrogen-bond donors (Lipinski definition) is 2. The second-order valence-electron chi connectivity index (χ2n) is 9.79. The summed E-state index contributed by atoms with van der Waals surface area (Å²) in [4.78, 5) is 22.6. The Morgan fingerprint density at radius 1 is 1.15 bits per heavy atom. The molecule has 4 rings (SSSR count). The van der Waals surface area contributed by atoms with E-state index in [1.54, 1.807) is 38.2 Å². The summed E-state index contributed by atoms with van der Waals surface area (Å²) in [6.07, 6.45) is 6.20. The van der Waals surface area contributed by atoms with E-state index in [-0.39, 0.29) is 18.1 Å².